The number of carbonyl (C=O) groups is 1. The topological polar surface area (TPSA) is 60.0 Å². The SMILES string of the molecule is COCCNC(=O)c1ccc(OC)cc1OC1CCN(C2CCCC(C)(C)C2)CC1. The van der Waals surface area contributed by atoms with Crippen LogP contribution in [0.5, 0.6) is 11.5 Å². The minimum Gasteiger partial charge on any atom is -0.497 e. The molecular weight excluding hydrogens is 380 g/mol. The van der Waals surface area contributed by atoms with Crippen LogP contribution in [0.3, 0.4) is 0 Å². The second-order valence-corrected chi connectivity index (χ2v) is 9.38. The molecule has 2 fully saturated rings. The van der Waals surface area contributed by atoms with E-state index in [0.29, 0.717) is 41.7 Å². The van der Waals surface area contributed by atoms with E-state index >= 15 is 0 Å². The van der Waals surface area contributed by atoms with Gasteiger partial charge in [0.25, 0.3) is 5.91 Å². The maximum Gasteiger partial charge on any atom is 0.255 e. The lowest BCUT2D eigenvalue weighted by molar-refractivity contribution is 0.0394. The first-order valence-electron chi connectivity index (χ1n) is 11.3. The Morgan fingerprint density at radius 3 is 2.63 bits per heavy atom. The summed E-state index contributed by atoms with van der Waals surface area (Å²) in [4.78, 5) is 15.3. The molecule has 0 aromatic heterocycles. The molecule has 168 valence electrons. The number of likely N-dealkylation sites (tertiary alicyclic amines) is 1. The van der Waals surface area contributed by atoms with Gasteiger partial charge in [-0.3, -0.25) is 4.79 Å². The highest BCUT2D eigenvalue weighted by atomic mass is 16.5. The maximum absolute atomic E-state index is 12.6. The lowest BCUT2D eigenvalue weighted by atomic mass is 9.74. The molecule has 1 saturated carbocycles. The first-order valence-corrected chi connectivity index (χ1v) is 11.3. The zero-order chi connectivity index (χ0) is 21.6. The summed E-state index contributed by atoms with van der Waals surface area (Å²) in [5.41, 5.74) is 1.01. The summed E-state index contributed by atoms with van der Waals surface area (Å²) in [6, 6.07) is 6.09. The number of nitrogens with zero attached hydrogens (tertiary/aromatic N) is 1. The van der Waals surface area contributed by atoms with E-state index in [4.69, 9.17) is 14.2 Å². The lowest BCUT2D eigenvalue weighted by Crippen LogP contribution is -2.47. The average Bonchev–Trinajstić information content (AvgIpc) is 2.73. The first-order chi connectivity index (χ1) is 14.4. The molecule has 1 N–H and O–H groups in total. The first kappa shape index (κ1) is 22.9. The van der Waals surface area contributed by atoms with E-state index in [0.717, 1.165) is 25.9 Å². The van der Waals surface area contributed by atoms with E-state index in [1.165, 1.54) is 25.7 Å². The number of piperidine rings is 1. The summed E-state index contributed by atoms with van der Waals surface area (Å²) >= 11 is 0. The van der Waals surface area contributed by atoms with E-state index in [1.54, 1.807) is 26.4 Å². The Balaban J connectivity index is 1.60. The molecule has 1 aliphatic heterocycles. The molecule has 1 aromatic rings. The Hall–Kier alpha value is -1.79. The van der Waals surface area contributed by atoms with Crippen molar-refractivity contribution in [3.8, 4) is 11.5 Å². The fourth-order valence-electron chi connectivity index (χ4n) is 4.78. The monoisotopic (exact) mass is 418 g/mol. The number of amides is 1. The fraction of sp³-hybridized carbons (Fsp3) is 0.708. The lowest BCUT2D eigenvalue weighted by Gasteiger charge is -2.44. The van der Waals surface area contributed by atoms with Crippen LogP contribution in [0.4, 0.5) is 0 Å². The van der Waals surface area contributed by atoms with Gasteiger partial charge in [-0.05, 0) is 49.7 Å². The second kappa shape index (κ2) is 10.5. The van der Waals surface area contributed by atoms with Gasteiger partial charge in [-0.25, -0.2) is 0 Å². The molecule has 1 saturated heterocycles. The molecule has 1 atom stereocenters. The van der Waals surface area contributed by atoms with Gasteiger partial charge < -0.3 is 24.4 Å². The molecule has 0 radical (unpaired) electrons. The van der Waals surface area contributed by atoms with Gasteiger partial charge in [0, 0.05) is 38.9 Å². The molecule has 1 heterocycles. The number of carbonyl (C=O) groups excluding carboxylic acids is 1. The zero-order valence-corrected chi connectivity index (χ0v) is 19.0. The molecule has 1 aliphatic carbocycles. The molecular formula is C24H38N2O4. The third kappa shape index (κ3) is 6.11. The van der Waals surface area contributed by atoms with E-state index in [1.807, 2.05) is 6.07 Å². The van der Waals surface area contributed by atoms with Crippen LogP contribution in [0.25, 0.3) is 0 Å². The summed E-state index contributed by atoms with van der Waals surface area (Å²) < 4.78 is 16.7. The van der Waals surface area contributed by atoms with Gasteiger partial charge in [0.2, 0.25) is 0 Å². The van der Waals surface area contributed by atoms with Crippen LogP contribution >= 0.6 is 0 Å². The molecule has 2 aliphatic rings. The van der Waals surface area contributed by atoms with Gasteiger partial charge in [0.05, 0.1) is 19.3 Å². The Kier molecular flexibility index (Phi) is 8.00. The van der Waals surface area contributed by atoms with Crippen LogP contribution in [0.2, 0.25) is 0 Å². The maximum atomic E-state index is 12.6. The molecule has 3 rings (SSSR count). The van der Waals surface area contributed by atoms with Crippen molar-refractivity contribution in [1.82, 2.24) is 10.2 Å². The van der Waals surface area contributed by atoms with Crippen LogP contribution in [-0.2, 0) is 4.74 Å². The standard InChI is InChI=1S/C24H38N2O4/c1-24(2)11-5-6-18(17-24)26-13-9-19(10-14-26)30-22-16-20(29-4)7-8-21(22)23(27)25-12-15-28-3/h7-8,16,18-19H,5-6,9-15,17H2,1-4H3,(H,25,27). The molecule has 30 heavy (non-hydrogen) atoms. The summed E-state index contributed by atoms with van der Waals surface area (Å²) in [6.07, 6.45) is 7.37. The number of methoxy groups -OCH3 is 2. The van der Waals surface area contributed by atoms with Gasteiger partial charge in [-0.15, -0.1) is 0 Å². The van der Waals surface area contributed by atoms with Crippen molar-refractivity contribution in [2.45, 2.75) is 64.5 Å². The van der Waals surface area contributed by atoms with Gasteiger partial charge in [0.15, 0.2) is 0 Å². The van der Waals surface area contributed by atoms with Crippen molar-refractivity contribution in [3.63, 3.8) is 0 Å². The zero-order valence-electron chi connectivity index (χ0n) is 19.0. The number of hydrogen-bond donors (Lipinski definition) is 1. The number of nitrogens with one attached hydrogen (secondary N) is 1. The molecule has 1 aromatic carbocycles. The highest BCUT2D eigenvalue weighted by molar-refractivity contribution is 5.97. The fourth-order valence-corrected chi connectivity index (χ4v) is 4.78. The van der Waals surface area contributed by atoms with E-state index in [2.05, 4.69) is 24.1 Å². The van der Waals surface area contributed by atoms with Crippen molar-refractivity contribution < 1.29 is 19.0 Å². The largest absolute Gasteiger partial charge is 0.497 e. The van der Waals surface area contributed by atoms with E-state index in [-0.39, 0.29) is 12.0 Å². The Labute approximate surface area is 181 Å². The van der Waals surface area contributed by atoms with Crippen LogP contribution in [0.15, 0.2) is 18.2 Å². The Morgan fingerprint density at radius 1 is 1.20 bits per heavy atom. The Bertz CT molecular complexity index is 698. The van der Waals surface area contributed by atoms with Crippen molar-refractivity contribution in [2.24, 2.45) is 5.41 Å². The number of ether oxygens (including phenoxy) is 3. The summed E-state index contributed by atoms with van der Waals surface area (Å²) in [5, 5.41) is 2.88. The normalized spacial score (nSPS) is 22.5. The smallest absolute Gasteiger partial charge is 0.255 e. The van der Waals surface area contributed by atoms with Crippen LogP contribution in [0, 0.1) is 5.41 Å². The highest BCUT2D eigenvalue weighted by Crippen LogP contribution is 2.38. The third-order valence-electron chi connectivity index (χ3n) is 6.49. The average molecular weight is 419 g/mol. The molecule has 1 unspecified atom stereocenters. The molecule has 6 heteroatoms. The van der Waals surface area contributed by atoms with Crippen molar-refractivity contribution in [3.05, 3.63) is 23.8 Å². The molecule has 0 spiro atoms. The van der Waals surface area contributed by atoms with Crippen molar-refractivity contribution >= 4 is 5.91 Å². The highest BCUT2D eigenvalue weighted by Gasteiger charge is 2.33. The predicted octanol–water partition coefficient (Wildman–Crippen LogP) is 3.88. The van der Waals surface area contributed by atoms with Crippen molar-refractivity contribution in [1.29, 1.82) is 0 Å². The molecule has 1 amide bonds. The van der Waals surface area contributed by atoms with E-state index < -0.39 is 0 Å². The number of benzene rings is 1. The molecule has 6 nitrogen and oxygen atoms in total. The van der Waals surface area contributed by atoms with Gasteiger partial charge >= 0.3 is 0 Å². The van der Waals surface area contributed by atoms with Crippen LogP contribution in [0.1, 0.15) is 62.7 Å². The van der Waals surface area contributed by atoms with Gasteiger partial charge in [0.1, 0.15) is 17.6 Å². The predicted molar refractivity (Wildman–Crippen MR) is 118 cm³/mol. The summed E-state index contributed by atoms with van der Waals surface area (Å²) in [6.45, 7) is 7.87. The third-order valence-corrected chi connectivity index (χ3v) is 6.49. The Morgan fingerprint density at radius 2 is 1.97 bits per heavy atom. The summed E-state index contributed by atoms with van der Waals surface area (Å²) in [7, 11) is 3.25. The molecule has 0 bridgehead atoms. The minimum atomic E-state index is -0.147. The van der Waals surface area contributed by atoms with Crippen LogP contribution < -0.4 is 14.8 Å². The van der Waals surface area contributed by atoms with Gasteiger partial charge in [-0.2, -0.15) is 0 Å². The second-order valence-electron chi connectivity index (χ2n) is 9.38. The summed E-state index contributed by atoms with van der Waals surface area (Å²) in [5.74, 6) is 1.15. The van der Waals surface area contributed by atoms with E-state index in [9.17, 15) is 4.79 Å². The number of hydrogen-bond acceptors (Lipinski definition) is 5. The van der Waals surface area contributed by atoms with Crippen LogP contribution in [-0.4, -0.2) is 63.4 Å². The quantitative estimate of drug-likeness (QED) is 0.649. The number of rotatable bonds is 8. The van der Waals surface area contributed by atoms with Crippen molar-refractivity contribution in [2.75, 3.05) is 40.5 Å². The van der Waals surface area contributed by atoms with Gasteiger partial charge in [-0.1, -0.05) is 20.3 Å². The minimum absolute atomic E-state index is 0.121.